The highest BCUT2D eigenvalue weighted by Crippen LogP contribution is 2.31. The Kier molecular flexibility index (Phi) is 7.89. The third-order valence-corrected chi connectivity index (χ3v) is 5.16. The molecule has 0 saturated carbocycles. The number of carboxylic acid groups (broad SMARTS) is 1. The van der Waals surface area contributed by atoms with Gasteiger partial charge in [-0.25, -0.2) is 0 Å². The molecule has 2 aromatic carbocycles. The number of rotatable bonds is 8. The molecule has 0 fully saturated rings. The number of carbonyl (C=O) groups is 2. The van der Waals surface area contributed by atoms with Gasteiger partial charge in [-0.15, -0.1) is 5.92 Å². The van der Waals surface area contributed by atoms with E-state index in [4.69, 9.17) is 21.4 Å². The van der Waals surface area contributed by atoms with E-state index in [0.29, 0.717) is 10.8 Å². The summed E-state index contributed by atoms with van der Waals surface area (Å²) in [7, 11) is 0. The molecular weight excluding hydrogens is 456 g/mol. The van der Waals surface area contributed by atoms with Gasteiger partial charge in [0.15, 0.2) is 11.4 Å². The lowest BCUT2D eigenvalue weighted by molar-refractivity contribution is -0.137. The van der Waals surface area contributed by atoms with Crippen molar-refractivity contribution in [2.24, 2.45) is 0 Å². The largest absolute Gasteiger partial charge is 0.481 e. The van der Waals surface area contributed by atoms with Gasteiger partial charge in [-0.1, -0.05) is 57.7 Å². The molecule has 0 aliphatic rings. The molecule has 0 saturated heterocycles. The molecule has 1 atom stereocenters. The van der Waals surface area contributed by atoms with Crippen LogP contribution < -0.4 is 4.74 Å². The average Bonchev–Trinajstić information content (AvgIpc) is 2.64. The third-order valence-electron chi connectivity index (χ3n) is 4.37. The summed E-state index contributed by atoms with van der Waals surface area (Å²) in [5.74, 6) is 4.76. The predicted molar refractivity (Wildman–Crippen MR) is 117 cm³/mol. The molecule has 0 radical (unpaired) electrons. The molecule has 4 nitrogen and oxygen atoms in total. The van der Waals surface area contributed by atoms with E-state index in [9.17, 15) is 9.59 Å². The van der Waals surface area contributed by atoms with Crippen molar-refractivity contribution >= 4 is 39.3 Å². The van der Waals surface area contributed by atoms with E-state index in [-0.39, 0.29) is 24.5 Å². The second-order valence-electron chi connectivity index (χ2n) is 7.07. The van der Waals surface area contributed by atoms with E-state index in [0.717, 1.165) is 15.6 Å². The molecule has 0 amide bonds. The van der Waals surface area contributed by atoms with Crippen LogP contribution in [0.15, 0.2) is 46.9 Å². The normalized spacial score (nSPS) is 11.9. The van der Waals surface area contributed by atoms with Crippen LogP contribution in [-0.2, 0) is 16.0 Å². The number of ketones is 1. The zero-order valence-corrected chi connectivity index (χ0v) is 18.8. The number of benzene rings is 2. The summed E-state index contributed by atoms with van der Waals surface area (Å²) in [6.45, 7) is 5.10. The zero-order valence-electron chi connectivity index (χ0n) is 16.5. The van der Waals surface area contributed by atoms with Crippen LogP contribution in [0, 0.1) is 11.8 Å². The van der Waals surface area contributed by atoms with Gasteiger partial charge in [0.2, 0.25) is 0 Å². The van der Waals surface area contributed by atoms with Crippen LogP contribution in [0.25, 0.3) is 0 Å². The number of carboxylic acids is 1. The Bertz CT molecular complexity index is 955. The first-order valence-electron chi connectivity index (χ1n) is 9.02. The third kappa shape index (κ3) is 6.62. The number of Topliss-reactive ketones (excluding diaryl/α,β-unsaturated/α-hetero) is 1. The van der Waals surface area contributed by atoms with E-state index in [2.05, 4.69) is 27.8 Å². The Morgan fingerprint density at radius 3 is 2.41 bits per heavy atom. The lowest BCUT2D eigenvalue weighted by Gasteiger charge is -2.26. The van der Waals surface area contributed by atoms with Gasteiger partial charge in [-0.2, -0.15) is 0 Å². The van der Waals surface area contributed by atoms with Crippen molar-refractivity contribution < 1.29 is 19.4 Å². The fourth-order valence-electron chi connectivity index (χ4n) is 2.76. The zero-order chi connectivity index (χ0) is 21.6. The highest BCUT2D eigenvalue weighted by molar-refractivity contribution is 9.10. The molecule has 1 unspecified atom stereocenters. The summed E-state index contributed by atoms with van der Waals surface area (Å²) in [6, 6.07) is 12.5. The van der Waals surface area contributed by atoms with Gasteiger partial charge in [0.05, 0.1) is 17.4 Å². The molecule has 29 heavy (non-hydrogen) atoms. The minimum absolute atomic E-state index is 0.0616. The maximum Gasteiger partial charge on any atom is 0.304 e. The summed E-state index contributed by atoms with van der Waals surface area (Å²) in [4.78, 5) is 23.8. The van der Waals surface area contributed by atoms with Gasteiger partial charge in [0.1, 0.15) is 5.75 Å². The number of halogens is 2. The van der Waals surface area contributed by atoms with Gasteiger partial charge in [0, 0.05) is 10.9 Å². The van der Waals surface area contributed by atoms with Crippen molar-refractivity contribution in [3.8, 4) is 17.6 Å². The Morgan fingerprint density at radius 2 is 1.86 bits per heavy atom. The smallest absolute Gasteiger partial charge is 0.304 e. The molecule has 152 valence electrons. The van der Waals surface area contributed by atoms with E-state index >= 15 is 0 Å². The van der Waals surface area contributed by atoms with E-state index in [1.807, 2.05) is 24.3 Å². The molecule has 0 aliphatic carbocycles. The van der Waals surface area contributed by atoms with Gasteiger partial charge in [0.25, 0.3) is 0 Å². The van der Waals surface area contributed by atoms with Crippen molar-refractivity contribution in [2.45, 2.75) is 45.1 Å². The number of ether oxygens (including phenoxy) is 1. The van der Waals surface area contributed by atoms with Crippen molar-refractivity contribution in [3.63, 3.8) is 0 Å². The molecule has 0 aromatic heterocycles. The molecule has 2 aromatic rings. The highest BCUT2D eigenvalue weighted by Gasteiger charge is 2.30. The maximum atomic E-state index is 12.8. The molecule has 0 heterocycles. The van der Waals surface area contributed by atoms with E-state index < -0.39 is 11.6 Å². The van der Waals surface area contributed by atoms with Crippen molar-refractivity contribution in [1.29, 1.82) is 0 Å². The maximum absolute atomic E-state index is 12.8. The van der Waals surface area contributed by atoms with Gasteiger partial charge < -0.3 is 9.84 Å². The number of aliphatic carboxylic acids is 1. The van der Waals surface area contributed by atoms with Crippen molar-refractivity contribution in [1.82, 2.24) is 0 Å². The van der Waals surface area contributed by atoms with Crippen LogP contribution in [0.5, 0.6) is 5.75 Å². The SMILES string of the molecule is CC#CC(CC(=O)O)c1ccc(CC(=O)C(C)(C)Oc2ccc(Br)cc2Cl)cc1. The number of hydrogen-bond acceptors (Lipinski definition) is 3. The molecule has 6 heteroatoms. The second kappa shape index (κ2) is 9.96. The van der Waals surface area contributed by atoms with Crippen LogP contribution in [0.4, 0.5) is 0 Å². The van der Waals surface area contributed by atoms with Gasteiger partial charge in [-0.3, -0.25) is 9.59 Å². The minimum atomic E-state index is -1.06. The Hall–Kier alpha value is -2.29. The Labute approximate surface area is 184 Å². The predicted octanol–water partition coefficient (Wildman–Crippen LogP) is 5.65. The van der Waals surface area contributed by atoms with Crippen molar-refractivity contribution in [2.75, 3.05) is 0 Å². The van der Waals surface area contributed by atoms with Crippen LogP contribution in [-0.4, -0.2) is 22.5 Å². The molecule has 1 N–H and O–H groups in total. The summed E-state index contributed by atoms with van der Waals surface area (Å²) >= 11 is 9.53. The summed E-state index contributed by atoms with van der Waals surface area (Å²) < 4.78 is 6.70. The lowest BCUT2D eigenvalue weighted by Crippen LogP contribution is -2.39. The topological polar surface area (TPSA) is 63.6 Å². The van der Waals surface area contributed by atoms with Gasteiger partial charge in [-0.05, 0) is 50.1 Å². The van der Waals surface area contributed by atoms with E-state index in [1.165, 1.54) is 0 Å². The molecule has 0 bridgehead atoms. The van der Waals surface area contributed by atoms with Crippen LogP contribution >= 0.6 is 27.5 Å². The Balaban J connectivity index is 2.10. The van der Waals surface area contributed by atoms with Crippen LogP contribution in [0.3, 0.4) is 0 Å². The van der Waals surface area contributed by atoms with Gasteiger partial charge >= 0.3 is 5.97 Å². The molecule has 2 rings (SSSR count). The number of carbonyl (C=O) groups excluding carboxylic acids is 1. The first kappa shape index (κ1) is 23.0. The fourth-order valence-corrected chi connectivity index (χ4v) is 3.47. The summed E-state index contributed by atoms with van der Waals surface area (Å²) in [5.41, 5.74) is 0.571. The van der Waals surface area contributed by atoms with Crippen LogP contribution in [0.2, 0.25) is 5.02 Å². The highest BCUT2D eigenvalue weighted by atomic mass is 79.9. The minimum Gasteiger partial charge on any atom is -0.481 e. The molecule has 0 spiro atoms. The fraction of sp³-hybridized carbons (Fsp3) is 0.304. The lowest BCUT2D eigenvalue weighted by atomic mass is 9.92. The molecule has 0 aliphatic heterocycles. The molecular formula is C23H22BrClO4. The van der Waals surface area contributed by atoms with E-state index in [1.54, 1.807) is 39.0 Å². The van der Waals surface area contributed by atoms with Crippen LogP contribution in [0.1, 0.15) is 44.2 Å². The summed E-state index contributed by atoms with van der Waals surface area (Å²) in [6.07, 6.45) is 0.123. The summed E-state index contributed by atoms with van der Waals surface area (Å²) in [5, 5.41) is 9.47. The first-order chi connectivity index (χ1) is 13.6. The Morgan fingerprint density at radius 1 is 1.21 bits per heavy atom. The number of hydrogen-bond donors (Lipinski definition) is 1. The average molecular weight is 478 g/mol. The quantitative estimate of drug-likeness (QED) is 0.499. The first-order valence-corrected chi connectivity index (χ1v) is 10.2. The van der Waals surface area contributed by atoms with Crippen molar-refractivity contribution in [3.05, 3.63) is 63.1 Å². The standard InChI is InChI=1S/C23H22BrClO4/c1-4-5-17(13-22(27)28)16-8-6-15(7-9-16)12-21(26)23(2,3)29-20-11-10-18(24)14-19(20)25/h6-11,14,17H,12-13H2,1-3H3,(H,27,28). The monoisotopic (exact) mass is 476 g/mol. The second-order valence-corrected chi connectivity index (χ2v) is 8.40.